The minimum absolute atomic E-state index is 0.109. The second-order valence-corrected chi connectivity index (χ2v) is 7.06. The van der Waals surface area contributed by atoms with Crippen LogP contribution in [0.15, 0.2) is 48.2 Å². The maximum atomic E-state index is 12.4. The van der Waals surface area contributed by atoms with Crippen LogP contribution in [-0.2, 0) is 16.5 Å². The van der Waals surface area contributed by atoms with E-state index in [1.807, 2.05) is 24.3 Å². The number of benzene rings is 2. The number of allylic oxidation sites excluding steroid dienone is 1. The highest BCUT2D eigenvalue weighted by Gasteiger charge is 2.28. The summed E-state index contributed by atoms with van der Waals surface area (Å²) in [7, 11) is -3.63. The van der Waals surface area contributed by atoms with Gasteiger partial charge in [-0.05, 0) is 35.8 Å². The van der Waals surface area contributed by atoms with Gasteiger partial charge < -0.3 is 8.92 Å². The molecule has 2 aromatic carbocycles. The maximum Gasteiger partial charge on any atom is 0.306 e. The average Bonchev–Trinajstić information content (AvgIpc) is 2.82. The van der Waals surface area contributed by atoms with Gasteiger partial charge in [-0.15, -0.1) is 0 Å². The van der Waals surface area contributed by atoms with E-state index in [1.165, 1.54) is 23.8 Å². The smallest absolute Gasteiger partial charge is 0.306 e. The van der Waals surface area contributed by atoms with Crippen molar-refractivity contribution in [2.75, 3.05) is 6.26 Å². The summed E-state index contributed by atoms with van der Waals surface area (Å²) >= 11 is 0. The first-order valence-electron chi connectivity index (χ1n) is 7.42. The molecule has 1 aliphatic rings. The molecule has 0 bridgehead atoms. The first-order valence-corrected chi connectivity index (χ1v) is 9.24. The third-order valence-corrected chi connectivity index (χ3v) is 4.07. The number of rotatable bonds is 4. The fourth-order valence-corrected chi connectivity index (χ4v) is 2.85. The van der Waals surface area contributed by atoms with Crippen LogP contribution in [0, 0.1) is 0 Å². The van der Waals surface area contributed by atoms with Crippen LogP contribution < -0.4 is 8.92 Å². The van der Waals surface area contributed by atoms with Gasteiger partial charge in [0, 0.05) is 6.07 Å². The summed E-state index contributed by atoms with van der Waals surface area (Å²) in [6, 6.07) is 12.2. The summed E-state index contributed by atoms with van der Waals surface area (Å²) in [5.41, 5.74) is 2.45. The average molecular weight is 344 g/mol. The molecular weight excluding hydrogens is 328 g/mol. The molecule has 0 saturated heterocycles. The van der Waals surface area contributed by atoms with Gasteiger partial charge in [0.2, 0.25) is 5.78 Å². The van der Waals surface area contributed by atoms with E-state index in [9.17, 15) is 13.2 Å². The van der Waals surface area contributed by atoms with E-state index < -0.39 is 10.1 Å². The molecule has 0 radical (unpaired) electrons. The molecule has 1 heterocycles. The lowest BCUT2D eigenvalue weighted by Gasteiger charge is -2.04. The van der Waals surface area contributed by atoms with Crippen molar-refractivity contribution in [3.8, 4) is 11.5 Å². The number of hydrogen-bond donors (Lipinski definition) is 0. The van der Waals surface area contributed by atoms with Crippen LogP contribution in [0.25, 0.3) is 6.08 Å². The Labute approximate surface area is 140 Å². The van der Waals surface area contributed by atoms with Crippen molar-refractivity contribution in [2.45, 2.75) is 13.3 Å². The molecule has 0 amide bonds. The van der Waals surface area contributed by atoms with Gasteiger partial charge in [0.25, 0.3) is 0 Å². The highest BCUT2D eigenvalue weighted by Crippen LogP contribution is 2.35. The van der Waals surface area contributed by atoms with Crippen LogP contribution in [0.5, 0.6) is 11.5 Å². The lowest BCUT2D eigenvalue weighted by molar-refractivity contribution is 0.101. The van der Waals surface area contributed by atoms with Crippen molar-refractivity contribution in [3.05, 3.63) is 64.9 Å². The van der Waals surface area contributed by atoms with Gasteiger partial charge in [-0.3, -0.25) is 4.79 Å². The SMILES string of the molecule is CCc1ccc(/C=C2\Oc3cc(OS(C)(=O)=O)ccc3C2=O)cc1. The summed E-state index contributed by atoms with van der Waals surface area (Å²) in [4.78, 5) is 12.4. The minimum atomic E-state index is -3.63. The molecule has 0 N–H and O–H groups in total. The maximum absolute atomic E-state index is 12.4. The molecule has 0 saturated carbocycles. The summed E-state index contributed by atoms with van der Waals surface area (Å²) in [6.45, 7) is 2.07. The Morgan fingerprint density at radius 1 is 1.12 bits per heavy atom. The number of hydrogen-bond acceptors (Lipinski definition) is 5. The van der Waals surface area contributed by atoms with Crippen LogP contribution in [-0.4, -0.2) is 20.5 Å². The molecule has 24 heavy (non-hydrogen) atoms. The van der Waals surface area contributed by atoms with E-state index in [4.69, 9.17) is 8.92 Å². The van der Waals surface area contributed by atoms with Crippen LogP contribution in [0.1, 0.15) is 28.4 Å². The molecule has 0 unspecified atom stereocenters. The zero-order chi connectivity index (χ0) is 17.3. The number of fused-ring (bicyclic) bond motifs is 1. The standard InChI is InChI=1S/C18H16O5S/c1-3-12-4-6-13(7-5-12)10-17-18(19)15-9-8-14(11-16(15)22-17)23-24(2,20)21/h4-11H,3H2,1-2H3/b17-10-. The summed E-state index contributed by atoms with van der Waals surface area (Å²) < 4.78 is 32.7. The molecule has 6 heteroatoms. The van der Waals surface area contributed by atoms with Crippen molar-refractivity contribution in [3.63, 3.8) is 0 Å². The fourth-order valence-electron chi connectivity index (χ4n) is 2.39. The predicted molar refractivity (Wildman–Crippen MR) is 90.7 cm³/mol. The Morgan fingerprint density at radius 2 is 1.83 bits per heavy atom. The van der Waals surface area contributed by atoms with Gasteiger partial charge in [-0.25, -0.2) is 0 Å². The van der Waals surface area contributed by atoms with Gasteiger partial charge in [0.15, 0.2) is 5.76 Å². The van der Waals surface area contributed by atoms with E-state index in [0.29, 0.717) is 5.56 Å². The minimum Gasteiger partial charge on any atom is -0.452 e. The van der Waals surface area contributed by atoms with Crippen LogP contribution in [0.2, 0.25) is 0 Å². The van der Waals surface area contributed by atoms with Gasteiger partial charge in [-0.2, -0.15) is 8.42 Å². The molecule has 5 nitrogen and oxygen atoms in total. The quantitative estimate of drug-likeness (QED) is 0.629. The number of carbonyl (C=O) groups is 1. The molecule has 0 aliphatic carbocycles. The van der Waals surface area contributed by atoms with Gasteiger partial charge in [0.1, 0.15) is 11.5 Å². The number of ketones is 1. The highest BCUT2D eigenvalue weighted by molar-refractivity contribution is 7.86. The third kappa shape index (κ3) is 3.49. The first-order chi connectivity index (χ1) is 11.4. The first kappa shape index (κ1) is 16.3. The Balaban J connectivity index is 1.88. The molecule has 2 aromatic rings. The highest BCUT2D eigenvalue weighted by atomic mass is 32.2. The summed E-state index contributed by atoms with van der Waals surface area (Å²) in [5, 5.41) is 0. The van der Waals surface area contributed by atoms with E-state index in [-0.39, 0.29) is 23.0 Å². The molecule has 0 fully saturated rings. The topological polar surface area (TPSA) is 69.7 Å². The van der Waals surface area contributed by atoms with E-state index in [0.717, 1.165) is 18.2 Å². The number of Topliss-reactive ketones (excluding diaryl/α,β-unsaturated/α-hetero) is 1. The second-order valence-electron chi connectivity index (χ2n) is 5.48. The van der Waals surface area contributed by atoms with Crippen LogP contribution >= 0.6 is 0 Å². The second kappa shape index (κ2) is 6.13. The molecule has 3 rings (SSSR count). The molecule has 124 valence electrons. The van der Waals surface area contributed by atoms with Crippen LogP contribution in [0.3, 0.4) is 0 Å². The molecule has 0 aromatic heterocycles. The lowest BCUT2D eigenvalue weighted by atomic mass is 10.1. The Kier molecular flexibility index (Phi) is 4.15. The number of aryl methyl sites for hydroxylation is 1. The normalized spacial score (nSPS) is 15.2. The Hall–Kier alpha value is -2.60. The number of carbonyl (C=O) groups excluding carboxylic acids is 1. The summed E-state index contributed by atoms with van der Waals surface area (Å²) in [5.74, 6) is 0.358. The van der Waals surface area contributed by atoms with Gasteiger partial charge >= 0.3 is 10.1 Å². The van der Waals surface area contributed by atoms with Crippen molar-refractivity contribution in [2.24, 2.45) is 0 Å². The van der Waals surface area contributed by atoms with Crippen LogP contribution in [0.4, 0.5) is 0 Å². The molecule has 1 aliphatic heterocycles. The zero-order valence-electron chi connectivity index (χ0n) is 13.3. The van der Waals surface area contributed by atoms with Crippen molar-refractivity contribution in [1.29, 1.82) is 0 Å². The lowest BCUT2D eigenvalue weighted by Crippen LogP contribution is -2.05. The van der Waals surface area contributed by atoms with Crippen molar-refractivity contribution in [1.82, 2.24) is 0 Å². The van der Waals surface area contributed by atoms with E-state index in [2.05, 4.69) is 6.92 Å². The largest absolute Gasteiger partial charge is 0.452 e. The fraction of sp³-hybridized carbons (Fsp3) is 0.167. The van der Waals surface area contributed by atoms with Gasteiger partial charge in [-0.1, -0.05) is 31.2 Å². The van der Waals surface area contributed by atoms with Gasteiger partial charge in [0.05, 0.1) is 11.8 Å². The Morgan fingerprint density at radius 3 is 2.46 bits per heavy atom. The zero-order valence-corrected chi connectivity index (χ0v) is 14.1. The van der Waals surface area contributed by atoms with Crippen molar-refractivity contribution < 1.29 is 22.1 Å². The molecule has 0 spiro atoms. The summed E-state index contributed by atoms with van der Waals surface area (Å²) in [6.07, 6.45) is 3.57. The van der Waals surface area contributed by atoms with E-state index >= 15 is 0 Å². The Bertz CT molecular complexity index is 924. The monoisotopic (exact) mass is 344 g/mol. The number of ether oxygens (including phenoxy) is 1. The molecule has 0 atom stereocenters. The predicted octanol–water partition coefficient (Wildman–Crippen LogP) is 3.20. The van der Waals surface area contributed by atoms with Crippen molar-refractivity contribution >= 4 is 22.0 Å². The van der Waals surface area contributed by atoms with E-state index in [1.54, 1.807) is 6.08 Å². The third-order valence-electron chi connectivity index (χ3n) is 3.57. The molecular formula is C18H16O5S.